The van der Waals surface area contributed by atoms with Gasteiger partial charge in [0.15, 0.2) is 6.29 Å². The second-order valence-corrected chi connectivity index (χ2v) is 11.7. The van der Waals surface area contributed by atoms with Gasteiger partial charge >= 0.3 is 0 Å². The summed E-state index contributed by atoms with van der Waals surface area (Å²) in [4.78, 5) is 2.50. The van der Waals surface area contributed by atoms with Crippen molar-refractivity contribution < 1.29 is 18.9 Å². The summed E-state index contributed by atoms with van der Waals surface area (Å²) in [5, 5.41) is 0. The van der Waals surface area contributed by atoms with E-state index in [4.69, 9.17) is 18.9 Å². The van der Waals surface area contributed by atoms with Gasteiger partial charge in [0.25, 0.3) is 0 Å². The first-order valence-electron chi connectivity index (χ1n) is 15.1. The number of fused-ring (bicyclic) bond motifs is 1. The van der Waals surface area contributed by atoms with Gasteiger partial charge in [-0.25, -0.2) is 0 Å². The van der Waals surface area contributed by atoms with E-state index < -0.39 is 0 Å². The maximum Gasteiger partial charge on any atom is 0.159 e. The van der Waals surface area contributed by atoms with E-state index in [0.717, 1.165) is 37.4 Å². The van der Waals surface area contributed by atoms with Crippen LogP contribution in [0.2, 0.25) is 0 Å². The zero-order valence-corrected chi connectivity index (χ0v) is 24.0. The molecule has 0 aromatic heterocycles. The van der Waals surface area contributed by atoms with Crippen molar-refractivity contribution in [1.29, 1.82) is 0 Å². The number of methoxy groups -OCH3 is 2. The highest BCUT2D eigenvalue weighted by Gasteiger charge is 2.38. The molecule has 2 fully saturated rings. The molecule has 1 aliphatic carbocycles. The number of rotatable bonds is 8. The Morgan fingerprint density at radius 1 is 0.775 bits per heavy atom. The first kappa shape index (κ1) is 27.3. The highest BCUT2D eigenvalue weighted by atomic mass is 16.7. The Kier molecular flexibility index (Phi) is 8.71. The van der Waals surface area contributed by atoms with Gasteiger partial charge in [0.2, 0.25) is 0 Å². The number of hydrogen-bond donors (Lipinski definition) is 0. The van der Waals surface area contributed by atoms with Crippen molar-refractivity contribution in [2.75, 3.05) is 32.2 Å². The van der Waals surface area contributed by atoms with Gasteiger partial charge in [-0.1, -0.05) is 55.7 Å². The molecular weight excluding hydrogens is 498 g/mol. The molecule has 2 atom stereocenters. The maximum absolute atomic E-state index is 6.73. The molecule has 6 rings (SSSR count). The molecule has 0 bridgehead atoms. The Morgan fingerprint density at radius 2 is 1.50 bits per heavy atom. The molecule has 1 saturated carbocycles. The normalized spacial score (nSPS) is 22.3. The van der Waals surface area contributed by atoms with Gasteiger partial charge in [-0.3, -0.25) is 0 Å². The van der Waals surface area contributed by atoms with Gasteiger partial charge in [0.05, 0.1) is 12.7 Å². The summed E-state index contributed by atoms with van der Waals surface area (Å²) in [7, 11) is 3.48. The average Bonchev–Trinajstić information content (AvgIpc) is 3.02. The second kappa shape index (κ2) is 12.8. The van der Waals surface area contributed by atoms with Gasteiger partial charge in [-0.15, -0.1) is 0 Å². The molecule has 0 spiro atoms. The second-order valence-electron chi connectivity index (χ2n) is 11.7. The number of hydrogen-bond acceptors (Lipinski definition) is 5. The van der Waals surface area contributed by atoms with Crippen LogP contribution < -0.4 is 9.64 Å². The Hall–Kier alpha value is -2.86. The summed E-state index contributed by atoms with van der Waals surface area (Å²) in [5.74, 6) is 3.03. The lowest BCUT2D eigenvalue weighted by Crippen LogP contribution is -2.39. The van der Waals surface area contributed by atoms with Crippen LogP contribution in [-0.4, -0.2) is 39.7 Å². The van der Waals surface area contributed by atoms with Crippen molar-refractivity contribution in [1.82, 2.24) is 0 Å². The van der Waals surface area contributed by atoms with E-state index >= 15 is 0 Å². The number of piperidine rings is 1. The zero-order chi connectivity index (χ0) is 27.3. The predicted octanol–water partition coefficient (Wildman–Crippen LogP) is 7.93. The lowest BCUT2D eigenvalue weighted by atomic mass is 9.73. The first-order chi connectivity index (χ1) is 19.7. The molecule has 5 nitrogen and oxygen atoms in total. The highest BCUT2D eigenvalue weighted by molar-refractivity contribution is 5.51. The van der Waals surface area contributed by atoms with E-state index in [2.05, 4.69) is 47.4 Å². The topological polar surface area (TPSA) is 40.2 Å². The van der Waals surface area contributed by atoms with E-state index in [1.807, 2.05) is 30.3 Å². The predicted molar refractivity (Wildman–Crippen MR) is 159 cm³/mol. The minimum absolute atomic E-state index is 0.105. The number of ether oxygens (including phenoxy) is 4. The molecule has 1 saturated heterocycles. The fourth-order valence-corrected chi connectivity index (χ4v) is 7.20. The Bertz CT molecular complexity index is 1210. The fourth-order valence-electron chi connectivity index (χ4n) is 7.20. The molecule has 5 heteroatoms. The van der Waals surface area contributed by atoms with Crippen molar-refractivity contribution in [3.63, 3.8) is 0 Å². The van der Waals surface area contributed by atoms with Crippen LogP contribution in [0.25, 0.3) is 0 Å². The summed E-state index contributed by atoms with van der Waals surface area (Å²) in [6.45, 7) is 2.70. The molecule has 2 heterocycles. The number of anilines is 1. The van der Waals surface area contributed by atoms with Crippen molar-refractivity contribution >= 4 is 5.69 Å². The SMILES string of the molecule is COC(OC)C1CCN(c2ccc(C3c4ccc(Oc5ccccc5)cc4COC3C3CCCCC3)cc2)CC1. The average molecular weight is 542 g/mol. The Labute approximate surface area is 239 Å². The van der Waals surface area contributed by atoms with E-state index in [-0.39, 0.29) is 18.3 Å². The molecule has 0 amide bonds. The molecule has 3 aromatic carbocycles. The first-order valence-corrected chi connectivity index (χ1v) is 15.1. The smallest absolute Gasteiger partial charge is 0.159 e. The maximum atomic E-state index is 6.73. The van der Waals surface area contributed by atoms with Crippen LogP contribution in [0, 0.1) is 11.8 Å². The third kappa shape index (κ3) is 5.93. The Morgan fingerprint density at radius 3 is 2.20 bits per heavy atom. The molecule has 0 N–H and O–H groups in total. The lowest BCUT2D eigenvalue weighted by Gasteiger charge is -2.40. The largest absolute Gasteiger partial charge is 0.457 e. The minimum atomic E-state index is -0.105. The molecule has 212 valence electrons. The van der Waals surface area contributed by atoms with Crippen molar-refractivity contribution in [2.45, 2.75) is 69.9 Å². The third-order valence-electron chi connectivity index (χ3n) is 9.31. The zero-order valence-electron chi connectivity index (χ0n) is 24.0. The number of nitrogens with zero attached hydrogens (tertiary/aromatic N) is 1. The summed E-state index contributed by atoms with van der Waals surface area (Å²) >= 11 is 0. The molecular formula is C35H43NO4. The van der Waals surface area contributed by atoms with Crippen LogP contribution in [-0.2, 0) is 20.8 Å². The quantitative estimate of drug-likeness (QED) is 0.271. The van der Waals surface area contributed by atoms with Gasteiger partial charge in [0.1, 0.15) is 11.5 Å². The standard InChI is InChI=1S/C35H43NO4/c1-37-35(38-2)27-19-21-36(22-20-27)29-15-13-25(14-16-29)33-32-18-17-31(40-30-11-7-4-8-12-30)23-28(32)24-39-34(33)26-9-5-3-6-10-26/h4,7-8,11-18,23,26-27,33-35H,3,5-6,9-10,19-22,24H2,1-2H3. The van der Waals surface area contributed by atoms with E-state index in [1.165, 1.54) is 54.5 Å². The van der Waals surface area contributed by atoms with E-state index in [0.29, 0.717) is 18.4 Å². The lowest BCUT2D eigenvalue weighted by molar-refractivity contribution is -0.141. The number of para-hydroxylation sites is 1. The number of benzene rings is 3. The summed E-state index contributed by atoms with van der Waals surface area (Å²) in [6.07, 6.45) is 8.79. The summed E-state index contributed by atoms with van der Waals surface area (Å²) in [6, 6.07) is 25.9. The molecule has 0 radical (unpaired) electrons. The van der Waals surface area contributed by atoms with Gasteiger partial charge < -0.3 is 23.8 Å². The van der Waals surface area contributed by atoms with Crippen LogP contribution in [0.4, 0.5) is 5.69 Å². The monoisotopic (exact) mass is 541 g/mol. The van der Waals surface area contributed by atoms with E-state index in [1.54, 1.807) is 14.2 Å². The molecule has 3 aliphatic rings. The van der Waals surface area contributed by atoms with Gasteiger partial charge in [-0.2, -0.15) is 0 Å². The van der Waals surface area contributed by atoms with E-state index in [9.17, 15) is 0 Å². The van der Waals surface area contributed by atoms with Crippen LogP contribution >= 0.6 is 0 Å². The van der Waals surface area contributed by atoms with Crippen LogP contribution in [0.15, 0.2) is 72.8 Å². The van der Waals surface area contributed by atoms with Crippen molar-refractivity contribution in [3.05, 3.63) is 89.5 Å². The van der Waals surface area contributed by atoms with Gasteiger partial charge in [-0.05, 0) is 84.7 Å². The molecule has 2 unspecified atom stereocenters. The van der Waals surface area contributed by atoms with Gasteiger partial charge in [0, 0.05) is 44.8 Å². The van der Waals surface area contributed by atoms with Crippen molar-refractivity contribution in [2.24, 2.45) is 11.8 Å². The molecule has 40 heavy (non-hydrogen) atoms. The Balaban J connectivity index is 1.23. The third-order valence-corrected chi connectivity index (χ3v) is 9.31. The van der Waals surface area contributed by atoms with Crippen LogP contribution in [0.3, 0.4) is 0 Å². The fraction of sp³-hybridized carbons (Fsp3) is 0.486. The van der Waals surface area contributed by atoms with Crippen LogP contribution in [0.5, 0.6) is 11.5 Å². The van der Waals surface area contributed by atoms with Crippen molar-refractivity contribution in [3.8, 4) is 11.5 Å². The minimum Gasteiger partial charge on any atom is -0.457 e. The summed E-state index contributed by atoms with van der Waals surface area (Å²) in [5.41, 5.74) is 5.28. The van der Waals surface area contributed by atoms with Crippen LogP contribution in [0.1, 0.15) is 67.6 Å². The molecule has 3 aromatic rings. The highest BCUT2D eigenvalue weighted by Crippen LogP contribution is 2.45. The molecule has 2 aliphatic heterocycles. The summed E-state index contributed by atoms with van der Waals surface area (Å²) < 4.78 is 24.0.